The third kappa shape index (κ3) is 6.62. The number of rotatable bonds is 11. The maximum atomic E-state index is 11.6. The van der Waals surface area contributed by atoms with E-state index in [-0.39, 0.29) is 6.09 Å². The van der Waals surface area contributed by atoms with E-state index in [4.69, 9.17) is 4.74 Å². The van der Waals surface area contributed by atoms with Crippen LogP contribution in [0.25, 0.3) is 0 Å². The molecule has 3 nitrogen and oxygen atoms in total. The molecule has 1 rings (SSSR count). The Morgan fingerprint density at radius 2 is 1.57 bits per heavy atom. The number of amides is 1. The Kier molecular flexibility index (Phi) is 9.45. The molecule has 4 heteroatoms. The van der Waals surface area contributed by atoms with Crippen LogP contribution in [0.1, 0.15) is 59.3 Å². The van der Waals surface area contributed by atoms with Gasteiger partial charge in [0, 0.05) is 0 Å². The second kappa shape index (κ2) is 10.5. The summed E-state index contributed by atoms with van der Waals surface area (Å²) in [4.78, 5) is 13.4. The van der Waals surface area contributed by atoms with Crippen molar-refractivity contribution in [2.45, 2.75) is 72.6 Å². The van der Waals surface area contributed by atoms with Crippen molar-refractivity contribution >= 4 is 24.5 Å². The summed E-state index contributed by atoms with van der Waals surface area (Å²) in [6.45, 7) is 8.14. The molecule has 1 heterocycles. The van der Waals surface area contributed by atoms with E-state index in [1.54, 1.807) is 4.90 Å². The van der Waals surface area contributed by atoms with Crippen LogP contribution >= 0.6 is 0 Å². The molecule has 0 unspecified atom stereocenters. The van der Waals surface area contributed by atoms with Gasteiger partial charge < -0.3 is 0 Å². The molecule has 0 aromatic carbocycles. The Labute approximate surface area is 135 Å². The minimum atomic E-state index is -2.23. The fourth-order valence-electron chi connectivity index (χ4n) is 3.00. The Hall–Kier alpha value is -0.191. The number of hydrogen-bond donors (Lipinski definition) is 0. The fraction of sp³-hybridized carbons (Fsp3) is 0.824. The summed E-state index contributed by atoms with van der Waals surface area (Å²) in [5.41, 5.74) is 0. The number of carbonyl (C=O) groups excluding carboxylic acids is 1. The van der Waals surface area contributed by atoms with Crippen LogP contribution in [0.3, 0.4) is 0 Å². The third-order valence-electron chi connectivity index (χ3n) is 4.48. The van der Waals surface area contributed by atoms with Gasteiger partial charge >= 0.3 is 135 Å². The number of nitrogens with zero attached hydrogens (tertiary/aromatic N) is 1. The predicted octanol–water partition coefficient (Wildman–Crippen LogP) is 5.34. The van der Waals surface area contributed by atoms with Crippen LogP contribution in [0, 0.1) is 0 Å². The maximum absolute atomic E-state index is 11.6. The van der Waals surface area contributed by atoms with E-state index < -0.39 is 18.4 Å². The van der Waals surface area contributed by atoms with Crippen LogP contribution in [-0.2, 0) is 4.74 Å². The number of cyclic esters (lactones) is 1. The normalized spacial score (nSPS) is 16.0. The molecule has 1 amide bonds. The first-order chi connectivity index (χ1) is 10.2. The number of unbranched alkanes of at least 4 members (excludes halogenated alkanes) is 3. The van der Waals surface area contributed by atoms with E-state index >= 15 is 0 Å². The summed E-state index contributed by atoms with van der Waals surface area (Å²) >= 11 is -2.23. The summed E-state index contributed by atoms with van der Waals surface area (Å²) < 4.78 is 11.9. The second-order valence-corrected chi connectivity index (χ2v) is 19.3. The number of ether oxygens (including phenoxy) is 1. The molecule has 21 heavy (non-hydrogen) atoms. The monoisotopic (exact) mass is 403 g/mol. The van der Waals surface area contributed by atoms with Crippen LogP contribution in [-0.4, -0.2) is 42.5 Å². The summed E-state index contributed by atoms with van der Waals surface area (Å²) in [5.74, 6) is 0. The average Bonchev–Trinajstić information content (AvgIpc) is 2.91. The predicted molar refractivity (Wildman–Crippen MR) is 92.1 cm³/mol. The van der Waals surface area contributed by atoms with Gasteiger partial charge in [-0.3, -0.25) is 0 Å². The molecule has 0 N–H and O–H groups in total. The molecular weight excluding hydrogens is 369 g/mol. The zero-order chi connectivity index (χ0) is 15.6. The van der Waals surface area contributed by atoms with Crippen LogP contribution in [0.5, 0.6) is 0 Å². The molecule has 1 aliphatic rings. The number of hydrogen-bond acceptors (Lipinski definition) is 2. The van der Waals surface area contributed by atoms with Gasteiger partial charge in [0.1, 0.15) is 0 Å². The van der Waals surface area contributed by atoms with E-state index in [9.17, 15) is 4.79 Å². The average molecular weight is 402 g/mol. The van der Waals surface area contributed by atoms with Gasteiger partial charge in [0.2, 0.25) is 0 Å². The molecule has 0 spiro atoms. The standard InChI is InChI=1S/C5H6NO2.3C4H9.Sn/c1-2-6-3-4-8-5(6)7;3*1-3-4-2;/h1-2H,3-4H2;3*1,3-4H2,2H3;. The molecule has 1 saturated heterocycles. The molecule has 0 saturated carbocycles. The fourth-order valence-corrected chi connectivity index (χ4v) is 17.0. The van der Waals surface area contributed by atoms with E-state index in [2.05, 4.69) is 31.1 Å². The van der Waals surface area contributed by atoms with E-state index in [0.717, 1.165) is 6.54 Å². The van der Waals surface area contributed by atoms with Crippen LogP contribution in [0.4, 0.5) is 4.79 Å². The van der Waals surface area contributed by atoms with Crippen molar-refractivity contribution in [2.24, 2.45) is 0 Å². The zero-order valence-corrected chi connectivity index (χ0v) is 17.1. The summed E-state index contributed by atoms with van der Waals surface area (Å²) in [6.07, 6.45) is 9.87. The van der Waals surface area contributed by atoms with Crippen molar-refractivity contribution in [3.05, 3.63) is 10.3 Å². The topological polar surface area (TPSA) is 29.5 Å². The number of carbonyl (C=O) groups is 1. The van der Waals surface area contributed by atoms with Crippen molar-refractivity contribution < 1.29 is 9.53 Å². The molecule has 0 atom stereocenters. The van der Waals surface area contributed by atoms with Gasteiger partial charge in [-0.25, -0.2) is 0 Å². The van der Waals surface area contributed by atoms with E-state index in [1.807, 2.05) is 0 Å². The molecule has 0 bridgehead atoms. The first kappa shape index (κ1) is 18.9. The molecule has 1 aliphatic heterocycles. The van der Waals surface area contributed by atoms with Gasteiger partial charge in [0.25, 0.3) is 0 Å². The molecule has 0 radical (unpaired) electrons. The van der Waals surface area contributed by atoms with Gasteiger partial charge in [0.05, 0.1) is 0 Å². The van der Waals surface area contributed by atoms with Crippen molar-refractivity contribution in [2.75, 3.05) is 13.2 Å². The third-order valence-corrected chi connectivity index (χ3v) is 18.5. The van der Waals surface area contributed by atoms with Crippen LogP contribution in [0.15, 0.2) is 10.3 Å². The molecule has 122 valence electrons. The van der Waals surface area contributed by atoms with Crippen molar-refractivity contribution in [1.82, 2.24) is 4.90 Å². The van der Waals surface area contributed by atoms with Crippen LogP contribution in [0.2, 0.25) is 13.3 Å². The van der Waals surface area contributed by atoms with Gasteiger partial charge in [0.15, 0.2) is 0 Å². The summed E-state index contributed by atoms with van der Waals surface area (Å²) in [5, 5.41) is 0. The molecule has 0 aromatic heterocycles. The molecular formula is C17H33NO2Sn. The first-order valence-corrected chi connectivity index (χ1v) is 16.5. The summed E-state index contributed by atoms with van der Waals surface area (Å²) in [7, 11) is 0. The Balaban J connectivity index is 2.78. The van der Waals surface area contributed by atoms with Gasteiger partial charge in [-0.05, 0) is 0 Å². The van der Waals surface area contributed by atoms with Crippen LogP contribution < -0.4 is 0 Å². The minimum absolute atomic E-state index is 0.159. The SMILES string of the molecule is CCC[CH2][Sn](/[CH]=C/N1CCOC1=O)([CH2]CCC)[CH2]CCC. The van der Waals surface area contributed by atoms with Crippen molar-refractivity contribution in [1.29, 1.82) is 0 Å². The van der Waals surface area contributed by atoms with Gasteiger partial charge in [-0.1, -0.05) is 0 Å². The van der Waals surface area contributed by atoms with E-state index in [1.165, 1.54) is 51.8 Å². The Bertz CT molecular complexity index is 309. The van der Waals surface area contributed by atoms with Gasteiger partial charge in [-0.2, -0.15) is 0 Å². The van der Waals surface area contributed by atoms with E-state index in [0.29, 0.717) is 6.61 Å². The quantitative estimate of drug-likeness (QED) is 0.437. The molecule has 1 fully saturated rings. The van der Waals surface area contributed by atoms with Crippen molar-refractivity contribution in [3.8, 4) is 0 Å². The summed E-state index contributed by atoms with van der Waals surface area (Å²) in [6, 6.07) is 0. The molecule has 0 aliphatic carbocycles. The molecule has 0 aromatic rings. The first-order valence-electron chi connectivity index (χ1n) is 8.80. The zero-order valence-electron chi connectivity index (χ0n) is 14.2. The Morgan fingerprint density at radius 1 is 1.05 bits per heavy atom. The Morgan fingerprint density at radius 3 is 1.95 bits per heavy atom. The second-order valence-electron chi connectivity index (χ2n) is 6.30. The van der Waals surface area contributed by atoms with Gasteiger partial charge in [-0.15, -0.1) is 0 Å². The van der Waals surface area contributed by atoms with Crippen molar-refractivity contribution in [3.63, 3.8) is 0 Å².